The number of amides is 1. The molecule has 2 aromatic rings. The van der Waals surface area contributed by atoms with E-state index in [0.717, 1.165) is 31.5 Å². The number of hydrogen-bond acceptors (Lipinski definition) is 6. The van der Waals surface area contributed by atoms with Crippen molar-refractivity contribution in [3.05, 3.63) is 52.8 Å². The van der Waals surface area contributed by atoms with E-state index in [-0.39, 0.29) is 30.1 Å². The molecule has 7 nitrogen and oxygen atoms in total. The lowest BCUT2D eigenvalue weighted by Gasteiger charge is -2.32. The van der Waals surface area contributed by atoms with E-state index in [1.165, 1.54) is 7.11 Å². The smallest absolute Gasteiger partial charge is 0.251 e. The first kappa shape index (κ1) is 24.8. The van der Waals surface area contributed by atoms with Crippen LogP contribution in [-0.2, 0) is 13.2 Å². The Balaban J connectivity index is 1.59. The number of carbonyl (C=O) groups is 1. The quantitative estimate of drug-likeness (QED) is 0.565. The number of aliphatic hydroxyl groups excluding tert-OH is 1. The number of likely N-dealkylation sites (tertiary alicyclic amines) is 1. The Morgan fingerprint density at radius 3 is 2.24 bits per heavy atom. The minimum Gasteiger partial charge on any atom is -0.497 e. The molecular formula is C25H33FN2O5. The second-order valence-electron chi connectivity index (χ2n) is 8.02. The Labute approximate surface area is 194 Å². The van der Waals surface area contributed by atoms with Gasteiger partial charge in [-0.05, 0) is 68.1 Å². The number of nitrogens with zero attached hydrogens (tertiary/aromatic N) is 1. The zero-order valence-corrected chi connectivity index (χ0v) is 19.5. The summed E-state index contributed by atoms with van der Waals surface area (Å²) in [7, 11) is 1.53. The third kappa shape index (κ3) is 6.58. The van der Waals surface area contributed by atoms with Crippen molar-refractivity contribution in [1.82, 2.24) is 10.2 Å². The van der Waals surface area contributed by atoms with E-state index in [1.807, 2.05) is 13.8 Å². The van der Waals surface area contributed by atoms with Crippen molar-refractivity contribution in [3.8, 4) is 17.2 Å². The maximum atomic E-state index is 14.5. The molecule has 1 aliphatic heterocycles. The standard InChI is InChI=1S/C25H33FN2O5/c1-4-32-22-12-17(13-23(24(22)26)33-5-2)15-28-8-6-20(7-9-28)27-25(30)19-10-18(16-29)11-21(14-19)31-3/h10-14,20,29H,4-9,15-16H2,1-3H3,(H,27,30). The monoisotopic (exact) mass is 460 g/mol. The average molecular weight is 461 g/mol. The lowest BCUT2D eigenvalue weighted by Crippen LogP contribution is -2.44. The predicted molar refractivity (Wildman–Crippen MR) is 123 cm³/mol. The molecule has 1 amide bonds. The summed E-state index contributed by atoms with van der Waals surface area (Å²) >= 11 is 0. The molecule has 33 heavy (non-hydrogen) atoms. The van der Waals surface area contributed by atoms with Crippen molar-refractivity contribution in [3.63, 3.8) is 0 Å². The second kappa shape index (κ2) is 11.9. The molecular weight excluding hydrogens is 427 g/mol. The van der Waals surface area contributed by atoms with Gasteiger partial charge in [0, 0.05) is 31.2 Å². The van der Waals surface area contributed by atoms with E-state index in [1.54, 1.807) is 30.3 Å². The number of ether oxygens (including phenoxy) is 3. The van der Waals surface area contributed by atoms with Crippen LogP contribution in [0.3, 0.4) is 0 Å². The molecule has 3 rings (SSSR count). The van der Waals surface area contributed by atoms with Gasteiger partial charge in [0.1, 0.15) is 5.75 Å². The Morgan fingerprint density at radius 2 is 1.70 bits per heavy atom. The summed E-state index contributed by atoms with van der Waals surface area (Å²) in [6, 6.07) is 8.58. The van der Waals surface area contributed by atoms with Gasteiger partial charge in [0.25, 0.3) is 5.91 Å². The van der Waals surface area contributed by atoms with Crippen LogP contribution in [0.25, 0.3) is 0 Å². The summed E-state index contributed by atoms with van der Waals surface area (Å²) in [5, 5.41) is 12.5. The lowest BCUT2D eigenvalue weighted by molar-refractivity contribution is 0.0908. The van der Waals surface area contributed by atoms with Gasteiger partial charge in [0.2, 0.25) is 5.82 Å². The Bertz CT molecular complexity index is 895. The molecule has 2 aromatic carbocycles. The summed E-state index contributed by atoms with van der Waals surface area (Å²) in [5.74, 6) is 0.315. The van der Waals surface area contributed by atoms with E-state index in [4.69, 9.17) is 14.2 Å². The fourth-order valence-corrected chi connectivity index (χ4v) is 4.00. The molecule has 0 atom stereocenters. The van der Waals surface area contributed by atoms with Gasteiger partial charge >= 0.3 is 0 Å². The normalized spacial score (nSPS) is 14.7. The lowest BCUT2D eigenvalue weighted by atomic mass is 10.0. The van der Waals surface area contributed by atoms with Crippen molar-refractivity contribution >= 4 is 5.91 Å². The molecule has 1 heterocycles. The van der Waals surface area contributed by atoms with Gasteiger partial charge in [-0.2, -0.15) is 4.39 Å². The Kier molecular flexibility index (Phi) is 8.91. The predicted octanol–water partition coefficient (Wildman–Crippen LogP) is 3.52. The third-order valence-corrected chi connectivity index (χ3v) is 5.64. The summed E-state index contributed by atoms with van der Waals surface area (Å²) in [4.78, 5) is 15.0. The van der Waals surface area contributed by atoms with Crippen LogP contribution in [0.15, 0.2) is 30.3 Å². The molecule has 2 N–H and O–H groups in total. The Hall–Kier alpha value is -2.84. The van der Waals surface area contributed by atoms with Crippen molar-refractivity contribution in [1.29, 1.82) is 0 Å². The van der Waals surface area contributed by atoms with Crippen LogP contribution in [0, 0.1) is 5.82 Å². The second-order valence-corrected chi connectivity index (χ2v) is 8.02. The number of carbonyl (C=O) groups excluding carboxylic acids is 1. The number of rotatable bonds is 10. The summed E-state index contributed by atoms with van der Waals surface area (Å²) < 4.78 is 30.6. The van der Waals surface area contributed by atoms with Crippen molar-refractivity contribution in [2.75, 3.05) is 33.4 Å². The third-order valence-electron chi connectivity index (χ3n) is 5.64. The van der Waals surface area contributed by atoms with Gasteiger partial charge in [0.05, 0.1) is 26.9 Å². The van der Waals surface area contributed by atoms with Crippen LogP contribution in [0.4, 0.5) is 4.39 Å². The summed E-state index contributed by atoms with van der Waals surface area (Å²) in [6.45, 7) is 6.50. The van der Waals surface area contributed by atoms with Gasteiger partial charge < -0.3 is 24.6 Å². The van der Waals surface area contributed by atoms with E-state index in [2.05, 4.69) is 10.2 Å². The largest absolute Gasteiger partial charge is 0.497 e. The first-order valence-electron chi connectivity index (χ1n) is 11.4. The fraction of sp³-hybridized carbons (Fsp3) is 0.480. The van der Waals surface area contributed by atoms with Gasteiger partial charge in [-0.25, -0.2) is 0 Å². The highest BCUT2D eigenvalue weighted by atomic mass is 19.1. The molecule has 0 unspecified atom stereocenters. The zero-order valence-electron chi connectivity index (χ0n) is 19.5. The van der Waals surface area contributed by atoms with E-state index in [0.29, 0.717) is 36.6 Å². The first-order chi connectivity index (χ1) is 16.0. The van der Waals surface area contributed by atoms with E-state index >= 15 is 0 Å². The molecule has 0 radical (unpaired) electrons. The highest BCUT2D eigenvalue weighted by Crippen LogP contribution is 2.30. The van der Waals surface area contributed by atoms with Crippen molar-refractivity contribution in [2.24, 2.45) is 0 Å². The molecule has 0 saturated carbocycles. The minimum atomic E-state index is -0.467. The molecule has 8 heteroatoms. The number of nitrogens with one attached hydrogen (secondary N) is 1. The van der Waals surface area contributed by atoms with Crippen LogP contribution in [0.5, 0.6) is 17.2 Å². The zero-order chi connectivity index (χ0) is 23.8. The molecule has 1 saturated heterocycles. The molecule has 0 aliphatic carbocycles. The van der Waals surface area contributed by atoms with Crippen LogP contribution in [-0.4, -0.2) is 55.4 Å². The maximum absolute atomic E-state index is 14.5. The molecule has 0 spiro atoms. The number of piperidine rings is 1. The van der Waals surface area contributed by atoms with Crippen LogP contribution >= 0.6 is 0 Å². The highest BCUT2D eigenvalue weighted by Gasteiger charge is 2.23. The SMILES string of the molecule is CCOc1cc(CN2CCC(NC(=O)c3cc(CO)cc(OC)c3)CC2)cc(OCC)c1F. The fourth-order valence-electron chi connectivity index (χ4n) is 4.00. The van der Waals surface area contributed by atoms with Crippen LogP contribution < -0.4 is 19.5 Å². The van der Waals surface area contributed by atoms with Gasteiger partial charge in [-0.1, -0.05) is 0 Å². The summed E-state index contributed by atoms with van der Waals surface area (Å²) in [5.41, 5.74) is 2.03. The van der Waals surface area contributed by atoms with E-state index in [9.17, 15) is 14.3 Å². The Morgan fingerprint density at radius 1 is 1.06 bits per heavy atom. The number of aliphatic hydroxyl groups is 1. The maximum Gasteiger partial charge on any atom is 0.251 e. The van der Waals surface area contributed by atoms with Gasteiger partial charge in [-0.3, -0.25) is 9.69 Å². The topological polar surface area (TPSA) is 80.3 Å². The number of hydrogen-bond donors (Lipinski definition) is 2. The summed E-state index contributed by atoms with van der Waals surface area (Å²) in [6.07, 6.45) is 1.61. The number of halogens is 1. The minimum absolute atomic E-state index is 0.0590. The molecule has 0 bridgehead atoms. The molecule has 1 fully saturated rings. The molecule has 0 aromatic heterocycles. The molecule has 180 valence electrons. The highest BCUT2D eigenvalue weighted by molar-refractivity contribution is 5.95. The number of methoxy groups -OCH3 is 1. The number of benzene rings is 2. The van der Waals surface area contributed by atoms with Crippen molar-refractivity contribution < 1.29 is 28.5 Å². The van der Waals surface area contributed by atoms with Gasteiger partial charge in [0.15, 0.2) is 11.5 Å². The average Bonchev–Trinajstić information content (AvgIpc) is 2.83. The van der Waals surface area contributed by atoms with E-state index < -0.39 is 5.82 Å². The van der Waals surface area contributed by atoms with Gasteiger partial charge in [-0.15, -0.1) is 0 Å². The van der Waals surface area contributed by atoms with Crippen LogP contribution in [0.2, 0.25) is 0 Å². The molecule has 1 aliphatic rings. The van der Waals surface area contributed by atoms with Crippen molar-refractivity contribution in [2.45, 2.75) is 45.9 Å². The first-order valence-corrected chi connectivity index (χ1v) is 11.4. The van der Waals surface area contributed by atoms with Crippen LogP contribution in [0.1, 0.15) is 48.2 Å².